The van der Waals surface area contributed by atoms with Gasteiger partial charge < -0.3 is 10.2 Å². The zero-order chi connectivity index (χ0) is 19.9. The molecular formula is C18H16Br4O4. The largest absolute Gasteiger partial charge is 0.480 e. The standard InChI is InChI=1S/C9H8Br2O2.C9H8O2.Br2/c10-7(8(11)9(12)13)6-4-2-1-3-5-6;10-9(11)7-6-8-4-2-1-3-5-8;1-2/h1-5,7-8H,(H,12,13);1-7H,(H,10,11);/b;7-6+;. The van der Waals surface area contributed by atoms with Crippen LogP contribution in [-0.4, -0.2) is 27.0 Å². The lowest BCUT2D eigenvalue weighted by Crippen LogP contribution is -2.17. The summed E-state index contributed by atoms with van der Waals surface area (Å²) >= 11 is 11.9. The van der Waals surface area contributed by atoms with E-state index in [2.05, 4.69) is 60.1 Å². The fourth-order valence-electron chi connectivity index (χ4n) is 1.66. The van der Waals surface area contributed by atoms with Crippen LogP contribution < -0.4 is 0 Å². The summed E-state index contributed by atoms with van der Waals surface area (Å²) in [5.41, 5.74) is 1.85. The Labute approximate surface area is 184 Å². The molecule has 0 amide bonds. The zero-order valence-corrected chi connectivity index (χ0v) is 19.6. The third-order valence-electron chi connectivity index (χ3n) is 2.83. The summed E-state index contributed by atoms with van der Waals surface area (Å²) in [6.45, 7) is 0. The van der Waals surface area contributed by atoms with Crippen molar-refractivity contribution in [2.75, 3.05) is 0 Å². The van der Waals surface area contributed by atoms with Crippen LogP contribution in [0.5, 0.6) is 0 Å². The minimum absolute atomic E-state index is 0.203. The van der Waals surface area contributed by atoms with E-state index in [4.69, 9.17) is 10.2 Å². The number of aliphatic carboxylic acids is 2. The average Bonchev–Trinajstić information content (AvgIpc) is 2.68. The van der Waals surface area contributed by atoms with Gasteiger partial charge in [-0.15, -0.1) is 0 Å². The Balaban J connectivity index is 0.000000444. The molecule has 0 radical (unpaired) electrons. The molecule has 26 heavy (non-hydrogen) atoms. The Hall–Kier alpha value is -0.960. The molecule has 2 aromatic carbocycles. The summed E-state index contributed by atoms with van der Waals surface area (Å²) in [6.07, 6.45) is 2.68. The molecule has 2 N–H and O–H groups in total. The second-order valence-corrected chi connectivity index (χ2v) is 6.61. The van der Waals surface area contributed by atoms with E-state index in [1.54, 1.807) is 6.08 Å². The van der Waals surface area contributed by atoms with Gasteiger partial charge in [-0.05, 0) is 17.2 Å². The number of halogens is 4. The van der Waals surface area contributed by atoms with Gasteiger partial charge in [-0.25, -0.2) is 4.79 Å². The van der Waals surface area contributed by atoms with E-state index in [1.807, 2.05) is 60.7 Å². The Morgan fingerprint density at radius 1 is 0.846 bits per heavy atom. The maximum atomic E-state index is 10.6. The molecule has 0 saturated carbocycles. The van der Waals surface area contributed by atoms with Gasteiger partial charge in [0.15, 0.2) is 0 Å². The molecule has 0 aliphatic rings. The third kappa shape index (κ3) is 10.9. The number of hydrogen-bond donors (Lipinski definition) is 2. The molecule has 0 fully saturated rings. The molecule has 2 unspecified atom stereocenters. The molecule has 0 spiro atoms. The van der Waals surface area contributed by atoms with Gasteiger partial charge in [0.1, 0.15) is 4.83 Å². The Morgan fingerprint density at radius 2 is 1.31 bits per heavy atom. The Kier molecular flexibility index (Phi) is 14.6. The van der Waals surface area contributed by atoms with Gasteiger partial charge in [0, 0.05) is 34.3 Å². The number of carboxylic acids is 2. The lowest BCUT2D eigenvalue weighted by atomic mass is 10.1. The van der Waals surface area contributed by atoms with Crippen LogP contribution in [0.1, 0.15) is 16.0 Å². The maximum Gasteiger partial charge on any atom is 0.328 e. The maximum absolute atomic E-state index is 10.6. The van der Waals surface area contributed by atoms with E-state index in [1.165, 1.54) is 0 Å². The molecule has 2 rings (SSSR count). The first kappa shape index (κ1) is 25.0. The second kappa shape index (κ2) is 15.1. The van der Waals surface area contributed by atoms with Gasteiger partial charge in [0.25, 0.3) is 0 Å². The van der Waals surface area contributed by atoms with Gasteiger partial charge in [0.2, 0.25) is 0 Å². The highest BCUT2D eigenvalue weighted by Crippen LogP contribution is 2.30. The van der Waals surface area contributed by atoms with Crippen molar-refractivity contribution in [2.24, 2.45) is 0 Å². The molecule has 0 heterocycles. The molecule has 2 atom stereocenters. The van der Waals surface area contributed by atoms with Crippen LogP contribution in [0.3, 0.4) is 0 Å². The first-order valence-corrected chi connectivity index (χ1v) is 12.6. The second-order valence-electron chi connectivity index (χ2n) is 4.63. The highest BCUT2D eigenvalue weighted by atomic mass is 80.9. The van der Waals surface area contributed by atoms with E-state index in [-0.39, 0.29) is 4.83 Å². The van der Waals surface area contributed by atoms with Crippen LogP contribution in [0.4, 0.5) is 0 Å². The molecule has 0 aliphatic heterocycles. The molecule has 4 nitrogen and oxygen atoms in total. The predicted octanol–water partition coefficient (Wildman–Crippen LogP) is 6.45. The van der Waals surface area contributed by atoms with Crippen molar-refractivity contribution in [3.05, 3.63) is 77.9 Å². The van der Waals surface area contributed by atoms with Crippen molar-refractivity contribution in [1.82, 2.24) is 0 Å². The van der Waals surface area contributed by atoms with Crippen molar-refractivity contribution in [1.29, 1.82) is 0 Å². The summed E-state index contributed by atoms with van der Waals surface area (Å²) in [6, 6.07) is 18.7. The van der Waals surface area contributed by atoms with E-state index in [0.29, 0.717) is 0 Å². The van der Waals surface area contributed by atoms with Gasteiger partial charge >= 0.3 is 11.9 Å². The van der Waals surface area contributed by atoms with Crippen LogP contribution in [0.25, 0.3) is 6.08 Å². The number of hydrogen-bond acceptors (Lipinski definition) is 2. The van der Waals surface area contributed by atoms with Crippen LogP contribution in [-0.2, 0) is 9.59 Å². The van der Waals surface area contributed by atoms with Crippen LogP contribution in [0.15, 0.2) is 66.7 Å². The lowest BCUT2D eigenvalue weighted by molar-refractivity contribution is -0.136. The number of alkyl halides is 2. The summed E-state index contributed by atoms with van der Waals surface area (Å²) in [4.78, 5) is 19.9. The SMILES string of the molecule is BrBr.O=C(O)/C=C/c1ccccc1.O=C(O)C(Br)C(Br)c1ccccc1. The Morgan fingerprint density at radius 3 is 1.73 bits per heavy atom. The first-order chi connectivity index (χ1) is 12.4. The summed E-state index contributed by atoms with van der Waals surface area (Å²) < 4.78 is 0. The third-order valence-corrected chi connectivity index (χ3v) is 5.52. The average molecular weight is 616 g/mol. The van der Waals surface area contributed by atoms with Gasteiger partial charge in [-0.1, -0.05) is 92.5 Å². The summed E-state index contributed by atoms with van der Waals surface area (Å²) in [5.74, 6) is -1.79. The minimum Gasteiger partial charge on any atom is -0.480 e. The highest BCUT2D eigenvalue weighted by molar-refractivity contribution is 9.93. The number of carbonyl (C=O) groups is 2. The van der Waals surface area contributed by atoms with Crippen molar-refractivity contribution in [3.8, 4) is 0 Å². The van der Waals surface area contributed by atoms with E-state index in [0.717, 1.165) is 17.2 Å². The monoisotopic (exact) mass is 612 g/mol. The van der Waals surface area contributed by atoms with Crippen molar-refractivity contribution in [3.63, 3.8) is 0 Å². The molecule has 0 bridgehead atoms. The van der Waals surface area contributed by atoms with Crippen molar-refractivity contribution >= 4 is 78.1 Å². The quantitative estimate of drug-likeness (QED) is 0.300. The smallest absolute Gasteiger partial charge is 0.328 e. The molecular weight excluding hydrogens is 600 g/mol. The minimum atomic E-state index is -0.922. The van der Waals surface area contributed by atoms with E-state index in [9.17, 15) is 9.59 Å². The Bertz CT molecular complexity index is 678. The van der Waals surface area contributed by atoms with Gasteiger partial charge in [-0.3, -0.25) is 4.79 Å². The van der Waals surface area contributed by atoms with E-state index >= 15 is 0 Å². The molecule has 140 valence electrons. The molecule has 0 aromatic heterocycles. The molecule has 0 aliphatic carbocycles. The molecule has 0 saturated heterocycles. The number of rotatable bonds is 5. The summed E-state index contributed by atoms with van der Waals surface area (Å²) in [7, 11) is 0. The lowest BCUT2D eigenvalue weighted by Gasteiger charge is -2.12. The predicted molar refractivity (Wildman–Crippen MR) is 119 cm³/mol. The normalized spacial score (nSPS) is 12.0. The van der Waals surface area contributed by atoms with Crippen LogP contribution in [0.2, 0.25) is 0 Å². The first-order valence-electron chi connectivity index (χ1n) is 7.08. The zero-order valence-electron chi connectivity index (χ0n) is 13.3. The molecule has 8 heteroatoms. The van der Waals surface area contributed by atoms with Crippen molar-refractivity contribution < 1.29 is 19.8 Å². The van der Waals surface area contributed by atoms with Crippen LogP contribution >= 0.6 is 60.1 Å². The topological polar surface area (TPSA) is 74.6 Å². The fraction of sp³-hybridized carbons (Fsp3) is 0.111. The van der Waals surface area contributed by atoms with Gasteiger partial charge in [0.05, 0.1) is 4.83 Å². The molecule has 2 aromatic rings. The fourth-order valence-corrected chi connectivity index (χ4v) is 2.50. The summed E-state index contributed by atoms with van der Waals surface area (Å²) in [5, 5.41) is 17.0. The van der Waals surface area contributed by atoms with Crippen molar-refractivity contribution in [2.45, 2.75) is 9.65 Å². The number of carboxylic acid groups (broad SMARTS) is 2. The van der Waals surface area contributed by atoms with E-state index < -0.39 is 16.8 Å². The van der Waals surface area contributed by atoms with Gasteiger partial charge in [-0.2, -0.15) is 0 Å². The number of benzene rings is 2. The highest BCUT2D eigenvalue weighted by Gasteiger charge is 2.23. The van der Waals surface area contributed by atoms with Crippen LogP contribution in [0, 0.1) is 0 Å².